The zero-order chi connectivity index (χ0) is 14.3. The fraction of sp³-hybridized carbons (Fsp3) is 0.417. The number of carboxylic acids is 1. The van der Waals surface area contributed by atoms with Crippen LogP contribution in [-0.4, -0.2) is 31.3 Å². The molecule has 0 aromatic heterocycles. The van der Waals surface area contributed by atoms with Crippen LogP contribution in [-0.2, 0) is 11.3 Å². The number of alkyl halides is 2. The number of hydrogen-bond donors (Lipinski definition) is 2. The van der Waals surface area contributed by atoms with Gasteiger partial charge in [0.25, 0.3) is 0 Å². The van der Waals surface area contributed by atoms with Crippen LogP contribution in [0.3, 0.4) is 0 Å². The predicted molar refractivity (Wildman–Crippen MR) is 63.6 cm³/mol. The number of aliphatic carboxylic acids is 1. The summed E-state index contributed by atoms with van der Waals surface area (Å²) < 4.78 is 33.7. The summed E-state index contributed by atoms with van der Waals surface area (Å²) in [5.41, 5.74) is 0.696. The van der Waals surface area contributed by atoms with Crippen LogP contribution in [0, 0.1) is 0 Å². The minimum absolute atomic E-state index is 0.00343. The Hall–Kier alpha value is -1.89. The number of nitrogens with one attached hydrogen (secondary N) is 1. The molecule has 0 fully saturated rings. The second kappa shape index (κ2) is 7.52. The van der Waals surface area contributed by atoms with Crippen LogP contribution in [0.1, 0.15) is 12.0 Å². The summed E-state index contributed by atoms with van der Waals surface area (Å²) in [5, 5.41) is 11.3. The maximum absolute atomic E-state index is 12.2. The van der Waals surface area contributed by atoms with E-state index >= 15 is 0 Å². The van der Waals surface area contributed by atoms with Gasteiger partial charge in [-0.05, 0) is 17.7 Å². The summed E-state index contributed by atoms with van der Waals surface area (Å²) in [7, 11) is 1.36. The molecule has 7 heteroatoms. The Morgan fingerprint density at radius 2 is 2.16 bits per heavy atom. The molecule has 1 aromatic rings. The van der Waals surface area contributed by atoms with Crippen LogP contribution in [0.25, 0.3) is 0 Å². The fourth-order valence-corrected chi connectivity index (χ4v) is 1.45. The zero-order valence-corrected chi connectivity index (χ0v) is 10.4. The lowest BCUT2D eigenvalue weighted by molar-refractivity contribution is -0.136. The van der Waals surface area contributed by atoms with E-state index in [4.69, 9.17) is 9.84 Å². The molecule has 0 unspecified atom stereocenters. The van der Waals surface area contributed by atoms with Gasteiger partial charge in [0.15, 0.2) is 11.5 Å². The van der Waals surface area contributed by atoms with Gasteiger partial charge in [-0.15, -0.1) is 0 Å². The molecule has 0 bridgehead atoms. The first kappa shape index (κ1) is 15.2. The number of benzene rings is 1. The van der Waals surface area contributed by atoms with Crippen LogP contribution in [0.4, 0.5) is 8.78 Å². The fourth-order valence-electron chi connectivity index (χ4n) is 1.45. The lowest BCUT2D eigenvalue weighted by Crippen LogP contribution is -2.17. The van der Waals surface area contributed by atoms with Gasteiger partial charge >= 0.3 is 12.6 Å². The Morgan fingerprint density at radius 1 is 1.42 bits per heavy atom. The zero-order valence-electron chi connectivity index (χ0n) is 10.4. The van der Waals surface area contributed by atoms with Crippen molar-refractivity contribution in [1.82, 2.24) is 5.32 Å². The Morgan fingerprint density at radius 3 is 2.74 bits per heavy atom. The molecule has 0 atom stereocenters. The SMILES string of the molecule is COc1ccc(CNCCC(=O)O)cc1OC(F)F. The van der Waals surface area contributed by atoms with Gasteiger partial charge in [-0.3, -0.25) is 4.79 Å². The number of carbonyl (C=O) groups is 1. The molecule has 0 heterocycles. The van der Waals surface area contributed by atoms with Gasteiger partial charge in [-0.25, -0.2) is 0 Å². The van der Waals surface area contributed by atoms with E-state index in [1.807, 2.05) is 0 Å². The van der Waals surface area contributed by atoms with Gasteiger partial charge in [0.1, 0.15) is 0 Å². The molecule has 2 N–H and O–H groups in total. The van der Waals surface area contributed by atoms with Crippen molar-refractivity contribution in [2.75, 3.05) is 13.7 Å². The first-order valence-electron chi connectivity index (χ1n) is 5.57. The topological polar surface area (TPSA) is 67.8 Å². The van der Waals surface area contributed by atoms with Gasteiger partial charge in [-0.2, -0.15) is 8.78 Å². The third-order valence-corrected chi connectivity index (χ3v) is 2.29. The van der Waals surface area contributed by atoms with Crippen molar-refractivity contribution >= 4 is 5.97 Å². The first-order chi connectivity index (χ1) is 9.02. The van der Waals surface area contributed by atoms with E-state index in [0.29, 0.717) is 18.7 Å². The summed E-state index contributed by atoms with van der Waals surface area (Å²) in [6.45, 7) is -2.27. The third-order valence-electron chi connectivity index (χ3n) is 2.29. The standard InChI is InChI=1S/C12H15F2NO4/c1-18-9-3-2-8(6-10(9)19-12(13)14)7-15-5-4-11(16)17/h2-3,6,12,15H,4-5,7H2,1H3,(H,16,17). The minimum atomic E-state index is -2.93. The monoisotopic (exact) mass is 275 g/mol. The summed E-state index contributed by atoms with van der Waals surface area (Å²) in [6.07, 6.45) is -0.00343. The number of halogens is 2. The molecule has 0 saturated heterocycles. The van der Waals surface area contributed by atoms with Crippen LogP contribution in [0.5, 0.6) is 11.5 Å². The van der Waals surface area contributed by atoms with E-state index < -0.39 is 12.6 Å². The molecule has 0 spiro atoms. The van der Waals surface area contributed by atoms with Gasteiger partial charge < -0.3 is 19.9 Å². The predicted octanol–water partition coefficient (Wildman–Crippen LogP) is 1.86. The van der Waals surface area contributed by atoms with Crippen LogP contribution in [0.15, 0.2) is 18.2 Å². The van der Waals surface area contributed by atoms with Gasteiger partial charge in [0.2, 0.25) is 0 Å². The highest BCUT2D eigenvalue weighted by Gasteiger charge is 2.11. The maximum Gasteiger partial charge on any atom is 0.387 e. The molecule has 0 aliphatic heterocycles. The average Bonchev–Trinajstić information content (AvgIpc) is 2.34. The van der Waals surface area contributed by atoms with Crippen molar-refractivity contribution in [3.05, 3.63) is 23.8 Å². The Bertz CT molecular complexity index is 426. The van der Waals surface area contributed by atoms with Crippen molar-refractivity contribution in [2.24, 2.45) is 0 Å². The average molecular weight is 275 g/mol. The summed E-state index contributed by atoms with van der Waals surface area (Å²) in [4.78, 5) is 10.3. The van der Waals surface area contributed by atoms with Gasteiger partial charge in [-0.1, -0.05) is 6.07 Å². The normalized spacial score (nSPS) is 10.5. The second-order valence-corrected chi connectivity index (χ2v) is 3.68. The van der Waals surface area contributed by atoms with E-state index in [2.05, 4.69) is 10.1 Å². The largest absolute Gasteiger partial charge is 0.493 e. The van der Waals surface area contributed by atoms with E-state index in [-0.39, 0.29) is 17.9 Å². The van der Waals surface area contributed by atoms with Crippen LogP contribution in [0.2, 0.25) is 0 Å². The molecule has 0 amide bonds. The van der Waals surface area contributed by atoms with E-state index in [0.717, 1.165) is 0 Å². The molecular formula is C12H15F2NO4. The molecule has 1 rings (SSSR count). The van der Waals surface area contributed by atoms with E-state index in [9.17, 15) is 13.6 Å². The van der Waals surface area contributed by atoms with Crippen molar-refractivity contribution in [2.45, 2.75) is 19.6 Å². The maximum atomic E-state index is 12.2. The number of methoxy groups -OCH3 is 1. The number of ether oxygens (including phenoxy) is 2. The lowest BCUT2D eigenvalue weighted by Gasteiger charge is -2.11. The molecule has 19 heavy (non-hydrogen) atoms. The number of carboxylic acid groups (broad SMARTS) is 1. The summed E-state index contributed by atoms with van der Waals surface area (Å²) in [5.74, 6) is -0.728. The van der Waals surface area contributed by atoms with Gasteiger partial charge in [0.05, 0.1) is 13.5 Å². The Balaban J connectivity index is 2.61. The molecule has 0 radical (unpaired) electrons. The third kappa shape index (κ3) is 5.52. The lowest BCUT2D eigenvalue weighted by atomic mass is 10.2. The van der Waals surface area contributed by atoms with Crippen molar-refractivity contribution in [3.8, 4) is 11.5 Å². The van der Waals surface area contributed by atoms with Crippen molar-refractivity contribution in [3.63, 3.8) is 0 Å². The highest BCUT2D eigenvalue weighted by atomic mass is 19.3. The molecule has 1 aromatic carbocycles. The van der Waals surface area contributed by atoms with Crippen molar-refractivity contribution < 1.29 is 28.2 Å². The quantitative estimate of drug-likeness (QED) is 0.709. The molecule has 0 aliphatic rings. The summed E-state index contributed by atoms with van der Waals surface area (Å²) in [6, 6.07) is 4.63. The number of rotatable bonds is 8. The molecule has 106 valence electrons. The number of hydrogen-bond acceptors (Lipinski definition) is 4. The molecule has 0 saturated carbocycles. The Kier molecular flexibility index (Phi) is 6.01. The molecule has 5 nitrogen and oxygen atoms in total. The highest BCUT2D eigenvalue weighted by molar-refractivity contribution is 5.66. The van der Waals surface area contributed by atoms with Gasteiger partial charge in [0, 0.05) is 13.1 Å². The highest BCUT2D eigenvalue weighted by Crippen LogP contribution is 2.29. The molecular weight excluding hydrogens is 260 g/mol. The Labute approximate surface area is 109 Å². The first-order valence-corrected chi connectivity index (χ1v) is 5.57. The minimum Gasteiger partial charge on any atom is -0.493 e. The van der Waals surface area contributed by atoms with E-state index in [1.54, 1.807) is 6.07 Å². The smallest absolute Gasteiger partial charge is 0.387 e. The van der Waals surface area contributed by atoms with E-state index in [1.165, 1.54) is 19.2 Å². The van der Waals surface area contributed by atoms with Crippen molar-refractivity contribution in [1.29, 1.82) is 0 Å². The van der Waals surface area contributed by atoms with Crippen LogP contribution >= 0.6 is 0 Å². The molecule has 0 aliphatic carbocycles. The second-order valence-electron chi connectivity index (χ2n) is 3.68. The summed E-state index contributed by atoms with van der Waals surface area (Å²) >= 11 is 0. The van der Waals surface area contributed by atoms with Crippen LogP contribution < -0.4 is 14.8 Å².